The van der Waals surface area contributed by atoms with Gasteiger partial charge in [-0.15, -0.1) is 12.4 Å². The zero-order valence-electron chi connectivity index (χ0n) is 13.1. The maximum absolute atomic E-state index is 12.3. The van der Waals surface area contributed by atoms with Crippen LogP contribution >= 0.6 is 12.4 Å². The number of carbonyl (C=O) groups excluding carboxylic acids is 1. The molecule has 1 aromatic carbocycles. The van der Waals surface area contributed by atoms with Crippen LogP contribution in [0.1, 0.15) is 32.6 Å². The van der Waals surface area contributed by atoms with Crippen LogP contribution in [0.2, 0.25) is 0 Å². The molecule has 22 heavy (non-hydrogen) atoms. The van der Waals surface area contributed by atoms with E-state index in [9.17, 15) is 4.79 Å². The highest BCUT2D eigenvalue weighted by Crippen LogP contribution is 2.28. The van der Waals surface area contributed by atoms with E-state index in [-0.39, 0.29) is 23.9 Å². The first-order valence-corrected chi connectivity index (χ1v) is 7.41. The monoisotopic (exact) mass is 328 g/mol. The quantitative estimate of drug-likeness (QED) is 0.840. The number of amides is 1. The summed E-state index contributed by atoms with van der Waals surface area (Å²) in [5, 5.41) is 3.07. The Morgan fingerprint density at radius 1 is 1.27 bits per heavy atom. The third-order valence-corrected chi connectivity index (χ3v) is 4.08. The molecule has 0 aliphatic heterocycles. The van der Waals surface area contributed by atoms with Gasteiger partial charge in [-0.25, -0.2) is 0 Å². The van der Waals surface area contributed by atoms with Crippen molar-refractivity contribution in [3.8, 4) is 11.5 Å². The number of methoxy groups -OCH3 is 1. The molecule has 0 saturated heterocycles. The van der Waals surface area contributed by atoms with Gasteiger partial charge in [0, 0.05) is 6.54 Å². The highest BCUT2D eigenvalue weighted by molar-refractivity contribution is 5.85. The number of hydrogen-bond acceptors (Lipinski definition) is 4. The fourth-order valence-corrected chi connectivity index (χ4v) is 2.71. The Morgan fingerprint density at radius 3 is 2.32 bits per heavy atom. The fourth-order valence-electron chi connectivity index (χ4n) is 2.71. The molecule has 1 fully saturated rings. The maximum Gasteiger partial charge on any atom is 0.261 e. The highest BCUT2D eigenvalue weighted by Gasteiger charge is 2.35. The predicted octanol–water partition coefficient (Wildman–Crippen LogP) is 2.27. The molecule has 2 rings (SSSR count). The Bertz CT molecular complexity index is 473. The molecule has 124 valence electrons. The van der Waals surface area contributed by atoms with Crippen molar-refractivity contribution in [1.29, 1.82) is 0 Å². The lowest BCUT2D eigenvalue weighted by atomic mass is 9.97. The summed E-state index contributed by atoms with van der Waals surface area (Å²) in [5.74, 6) is 1.29. The van der Waals surface area contributed by atoms with Gasteiger partial charge in [-0.05, 0) is 44.0 Å². The number of benzene rings is 1. The summed E-state index contributed by atoms with van der Waals surface area (Å²) >= 11 is 0. The number of nitrogens with one attached hydrogen (secondary N) is 1. The number of ether oxygens (including phenoxy) is 2. The molecule has 1 saturated carbocycles. The maximum atomic E-state index is 12.3. The van der Waals surface area contributed by atoms with Gasteiger partial charge in [-0.3, -0.25) is 4.79 Å². The number of hydrogen-bond donors (Lipinski definition) is 2. The molecule has 1 amide bonds. The van der Waals surface area contributed by atoms with Gasteiger partial charge >= 0.3 is 0 Å². The molecule has 1 unspecified atom stereocenters. The summed E-state index contributed by atoms with van der Waals surface area (Å²) in [7, 11) is 1.61. The van der Waals surface area contributed by atoms with Crippen molar-refractivity contribution in [3.05, 3.63) is 24.3 Å². The Kier molecular flexibility index (Phi) is 6.97. The Balaban J connectivity index is 0.00000242. The van der Waals surface area contributed by atoms with Gasteiger partial charge in [0.05, 0.1) is 12.6 Å². The third-order valence-electron chi connectivity index (χ3n) is 4.08. The minimum Gasteiger partial charge on any atom is -0.497 e. The lowest BCUT2D eigenvalue weighted by Gasteiger charge is -2.30. The number of nitrogens with two attached hydrogens (primary N) is 1. The second-order valence-electron chi connectivity index (χ2n) is 5.62. The molecular formula is C16H25ClN2O3. The summed E-state index contributed by atoms with van der Waals surface area (Å²) in [6.07, 6.45) is 3.58. The highest BCUT2D eigenvalue weighted by atomic mass is 35.5. The van der Waals surface area contributed by atoms with Crippen molar-refractivity contribution < 1.29 is 14.3 Å². The molecule has 3 N–H and O–H groups in total. The molecular weight excluding hydrogens is 304 g/mol. The van der Waals surface area contributed by atoms with Gasteiger partial charge in [0.2, 0.25) is 0 Å². The zero-order chi connectivity index (χ0) is 15.3. The van der Waals surface area contributed by atoms with Crippen LogP contribution < -0.4 is 20.5 Å². The van der Waals surface area contributed by atoms with Crippen LogP contribution in [-0.4, -0.2) is 31.2 Å². The Morgan fingerprint density at radius 2 is 1.82 bits per heavy atom. The van der Waals surface area contributed by atoms with Gasteiger partial charge in [0.1, 0.15) is 11.5 Å². The van der Waals surface area contributed by atoms with E-state index in [1.807, 2.05) is 0 Å². The SMILES string of the molecule is COc1ccc(OC(C)C(=O)NC2(CN)CCCC2)cc1.Cl. The molecule has 1 atom stereocenters. The molecule has 1 aliphatic carbocycles. The minimum atomic E-state index is -0.553. The van der Waals surface area contributed by atoms with Gasteiger partial charge in [-0.1, -0.05) is 12.8 Å². The first kappa shape index (κ1) is 18.6. The van der Waals surface area contributed by atoms with Crippen molar-refractivity contribution in [1.82, 2.24) is 5.32 Å². The summed E-state index contributed by atoms with van der Waals surface area (Å²) in [4.78, 5) is 12.3. The van der Waals surface area contributed by atoms with Crippen molar-refractivity contribution >= 4 is 18.3 Å². The number of carbonyl (C=O) groups is 1. The minimum absolute atomic E-state index is 0. The topological polar surface area (TPSA) is 73.6 Å². The van der Waals surface area contributed by atoms with E-state index >= 15 is 0 Å². The first-order chi connectivity index (χ1) is 10.1. The smallest absolute Gasteiger partial charge is 0.261 e. The molecule has 0 heterocycles. The van der Waals surface area contributed by atoms with E-state index in [2.05, 4.69) is 5.32 Å². The lowest BCUT2D eigenvalue weighted by Crippen LogP contribution is -2.54. The lowest BCUT2D eigenvalue weighted by molar-refractivity contribution is -0.129. The second kappa shape index (κ2) is 8.25. The third kappa shape index (κ3) is 4.52. The van der Waals surface area contributed by atoms with E-state index in [1.165, 1.54) is 0 Å². The standard InChI is InChI=1S/C16H24N2O3.ClH/c1-12(21-14-7-5-13(20-2)6-8-14)15(19)18-16(11-17)9-3-4-10-16;/h5-8,12H,3-4,9-11,17H2,1-2H3,(H,18,19);1H. The average molecular weight is 329 g/mol. The van der Waals surface area contributed by atoms with E-state index in [0.717, 1.165) is 31.4 Å². The van der Waals surface area contributed by atoms with E-state index in [1.54, 1.807) is 38.3 Å². The normalized spacial score (nSPS) is 17.2. The zero-order valence-corrected chi connectivity index (χ0v) is 13.9. The van der Waals surface area contributed by atoms with Gasteiger partial charge < -0.3 is 20.5 Å². The van der Waals surface area contributed by atoms with E-state index in [4.69, 9.17) is 15.2 Å². The molecule has 1 aromatic rings. The van der Waals surface area contributed by atoms with Crippen LogP contribution in [-0.2, 0) is 4.79 Å². The van der Waals surface area contributed by atoms with Gasteiger partial charge in [-0.2, -0.15) is 0 Å². The Hall–Kier alpha value is -1.46. The largest absolute Gasteiger partial charge is 0.497 e. The van der Waals surface area contributed by atoms with Gasteiger partial charge in [0.25, 0.3) is 5.91 Å². The molecule has 5 nitrogen and oxygen atoms in total. The molecule has 0 bridgehead atoms. The van der Waals surface area contributed by atoms with Crippen LogP contribution in [0.5, 0.6) is 11.5 Å². The van der Waals surface area contributed by atoms with Crippen LogP contribution in [0.15, 0.2) is 24.3 Å². The van der Waals surface area contributed by atoms with E-state index in [0.29, 0.717) is 12.3 Å². The van der Waals surface area contributed by atoms with Crippen LogP contribution in [0, 0.1) is 0 Å². The molecule has 1 aliphatic rings. The fraction of sp³-hybridized carbons (Fsp3) is 0.562. The predicted molar refractivity (Wildman–Crippen MR) is 88.7 cm³/mol. The molecule has 0 radical (unpaired) electrons. The summed E-state index contributed by atoms with van der Waals surface area (Å²) in [5.41, 5.74) is 5.59. The van der Waals surface area contributed by atoms with Crippen LogP contribution in [0.25, 0.3) is 0 Å². The van der Waals surface area contributed by atoms with Crippen molar-refractivity contribution in [2.24, 2.45) is 5.73 Å². The molecule has 0 spiro atoms. The molecule has 6 heteroatoms. The second-order valence-corrected chi connectivity index (χ2v) is 5.62. The van der Waals surface area contributed by atoms with Crippen molar-refractivity contribution in [2.45, 2.75) is 44.2 Å². The van der Waals surface area contributed by atoms with Gasteiger partial charge in [0.15, 0.2) is 6.10 Å². The van der Waals surface area contributed by atoms with Crippen LogP contribution in [0.4, 0.5) is 0 Å². The van der Waals surface area contributed by atoms with Crippen molar-refractivity contribution in [2.75, 3.05) is 13.7 Å². The number of halogens is 1. The van der Waals surface area contributed by atoms with Crippen molar-refractivity contribution in [3.63, 3.8) is 0 Å². The first-order valence-electron chi connectivity index (χ1n) is 7.41. The van der Waals surface area contributed by atoms with E-state index < -0.39 is 6.10 Å². The summed E-state index contributed by atoms with van der Waals surface area (Å²) < 4.78 is 10.8. The molecule has 0 aromatic heterocycles. The average Bonchev–Trinajstić information content (AvgIpc) is 2.97. The van der Waals surface area contributed by atoms with Crippen LogP contribution in [0.3, 0.4) is 0 Å². The summed E-state index contributed by atoms with van der Waals surface area (Å²) in [6, 6.07) is 7.18. The number of rotatable bonds is 6. The Labute approximate surface area is 138 Å². The summed E-state index contributed by atoms with van der Waals surface area (Å²) in [6.45, 7) is 2.23.